The molecule has 1 N–H and O–H groups in total. The van der Waals surface area contributed by atoms with Crippen molar-refractivity contribution in [1.82, 2.24) is 4.90 Å². The van der Waals surface area contributed by atoms with Crippen molar-refractivity contribution in [3.63, 3.8) is 0 Å². The number of thioether (sulfide) groups is 1. The molecule has 1 saturated heterocycles. The van der Waals surface area contributed by atoms with E-state index in [2.05, 4.69) is 27.2 Å². The third kappa shape index (κ3) is 7.10. The molecule has 1 aliphatic rings. The number of anilines is 1. The number of carbonyl (C=O) groups excluding carboxylic acids is 4. The number of nitrogens with one attached hydrogen (secondary N) is 1. The van der Waals surface area contributed by atoms with Gasteiger partial charge in [-0.25, -0.2) is 4.79 Å². The average molecular weight is 622 g/mol. The molecule has 1 aliphatic heterocycles. The summed E-state index contributed by atoms with van der Waals surface area (Å²) in [7, 11) is 1.46. The fourth-order valence-electron chi connectivity index (χ4n) is 3.27. The Morgan fingerprint density at radius 3 is 2.71 bits per heavy atom. The first-order valence-electron chi connectivity index (χ1n) is 11.1. The van der Waals surface area contributed by atoms with Gasteiger partial charge in [-0.3, -0.25) is 19.3 Å². The molecule has 3 amide bonds. The van der Waals surface area contributed by atoms with Crippen LogP contribution in [0.4, 0.5) is 10.5 Å². The first-order chi connectivity index (χ1) is 18.2. The van der Waals surface area contributed by atoms with E-state index in [4.69, 9.17) is 32.2 Å². The molecule has 1 heterocycles. The number of halogens is 2. The van der Waals surface area contributed by atoms with E-state index in [-0.39, 0.29) is 34.4 Å². The van der Waals surface area contributed by atoms with Gasteiger partial charge >= 0.3 is 5.97 Å². The van der Waals surface area contributed by atoms with Crippen LogP contribution in [-0.4, -0.2) is 54.8 Å². The van der Waals surface area contributed by atoms with Gasteiger partial charge in [-0.15, -0.1) is 6.42 Å². The number of terminal acetylenes is 1. The highest BCUT2D eigenvalue weighted by Gasteiger charge is 2.36. The Kier molecular flexibility index (Phi) is 10.2. The topological polar surface area (TPSA) is 111 Å². The molecular weight excluding hydrogens is 600 g/mol. The van der Waals surface area contributed by atoms with E-state index in [1.807, 2.05) is 6.92 Å². The molecule has 0 unspecified atom stereocenters. The third-order valence-corrected chi connectivity index (χ3v) is 6.63. The van der Waals surface area contributed by atoms with Crippen LogP contribution in [0.3, 0.4) is 0 Å². The maximum atomic E-state index is 13.0. The van der Waals surface area contributed by atoms with E-state index >= 15 is 0 Å². The van der Waals surface area contributed by atoms with Gasteiger partial charge in [0.15, 0.2) is 11.5 Å². The summed E-state index contributed by atoms with van der Waals surface area (Å²) in [5, 5.41) is 2.11. The lowest BCUT2D eigenvalue weighted by molar-refractivity contribution is -0.127. The molecule has 198 valence electrons. The van der Waals surface area contributed by atoms with E-state index < -0.39 is 29.6 Å². The van der Waals surface area contributed by atoms with Gasteiger partial charge in [-0.1, -0.05) is 40.4 Å². The second kappa shape index (κ2) is 13.4. The summed E-state index contributed by atoms with van der Waals surface area (Å²) in [5.74, 6) is 1.11. The van der Waals surface area contributed by atoms with Crippen LogP contribution in [0, 0.1) is 12.3 Å². The Morgan fingerprint density at radius 1 is 1.26 bits per heavy atom. The smallest absolute Gasteiger partial charge is 0.339 e. The zero-order valence-electron chi connectivity index (χ0n) is 20.3. The fraction of sp³-hybridized carbons (Fsp3) is 0.231. The van der Waals surface area contributed by atoms with Crippen molar-refractivity contribution in [2.24, 2.45) is 0 Å². The summed E-state index contributed by atoms with van der Waals surface area (Å²) in [5.41, 5.74) is 0.784. The maximum Gasteiger partial charge on any atom is 0.339 e. The van der Waals surface area contributed by atoms with Gasteiger partial charge in [0, 0.05) is 15.7 Å². The molecule has 9 nitrogen and oxygen atoms in total. The van der Waals surface area contributed by atoms with E-state index in [1.54, 1.807) is 12.1 Å². The van der Waals surface area contributed by atoms with E-state index in [1.165, 1.54) is 31.4 Å². The quantitative estimate of drug-likeness (QED) is 0.214. The van der Waals surface area contributed by atoms with Crippen LogP contribution in [0.1, 0.15) is 29.3 Å². The molecule has 12 heteroatoms. The Labute approximate surface area is 236 Å². The number of hydrogen-bond acceptors (Lipinski definition) is 8. The van der Waals surface area contributed by atoms with Crippen molar-refractivity contribution < 1.29 is 33.4 Å². The molecule has 38 heavy (non-hydrogen) atoms. The third-order valence-electron chi connectivity index (χ3n) is 4.94. The van der Waals surface area contributed by atoms with Crippen molar-refractivity contribution in [3.05, 3.63) is 55.9 Å². The number of ether oxygens (including phenoxy) is 3. The molecule has 0 saturated carbocycles. The van der Waals surface area contributed by atoms with Crippen LogP contribution in [0.15, 0.2) is 39.7 Å². The Balaban J connectivity index is 1.77. The van der Waals surface area contributed by atoms with Crippen LogP contribution in [0.25, 0.3) is 6.08 Å². The minimum absolute atomic E-state index is 0.0385. The summed E-state index contributed by atoms with van der Waals surface area (Å²) >= 11 is 10.1. The summed E-state index contributed by atoms with van der Waals surface area (Å²) in [4.78, 5) is 51.4. The normalized spacial score (nSPS) is 13.9. The highest BCUT2D eigenvalue weighted by molar-refractivity contribution is 9.10. The van der Waals surface area contributed by atoms with Gasteiger partial charge < -0.3 is 19.5 Å². The number of hydrogen-bond donors (Lipinski definition) is 1. The molecule has 2 aromatic rings. The van der Waals surface area contributed by atoms with Crippen LogP contribution >= 0.6 is 39.3 Å². The number of methoxy groups -OCH3 is 1. The minimum Gasteiger partial charge on any atom is -0.493 e. The van der Waals surface area contributed by atoms with Crippen molar-refractivity contribution in [2.45, 2.75) is 13.3 Å². The monoisotopic (exact) mass is 620 g/mol. The number of esters is 1. The molecule has 3 rings (SSSR count). The summed E-state index contributed by atoms with van der Waals surface area (Å²) in [6.07, 6.45) is 7.41. The standard InChI is InChI=1S/C26H22BrClN2O7S/c1-4-8-36-23-15(10-16(27)12-20(23)35-3)11-21-24(32)30(26(34)38-21)14-22(31)29-17-6-7-19(28)18(13-17)25(33)37-9-5-2/h1,6-7,10-13H,5,8-9,14H2,2-3H3,(H,29,31)/b21-11+. The number of carbonyl (C=O) groups is 4. The highest BCUT2D eigenvalue weighted by atomic mass is 79.9. The lowest BCUT2D eigenvalue weighted by atomic mass is 10.1. The molecule has 1 fully saturated rings. The lowest BCUT2D eigenvalue weighted by Crippen LogP contribution is -2.36. The predicted molar refractivity (Wildman–Crippen MR) is 148 cm³/mol. The van der Waals surface area contributed by atoms with E-state index in [0.717, 1.165) is 4.90 Å². The van der Waals surface area contributed by atoms with Gasteiger partial charge in [-0.05, 0) is 54.6 Å². The van der Waals surface area contributed by atoms with Crippen LogP contribution < -0.4 is 14.8 Å². The fourth-order valence-corrected chi connectivity index (χ4v) is 4.75. The average Bonchev–Trinajstić information content (AvgIpc) is 3.14. The molecule has 0 bridgehead atoms. The largest absolute Gasteiger partial charge is 0.493 e. The van der Waals surface area contributed by atoms with Gasteiger partial charge in [0.05, 0.1) is 29.2 Å². The maximum absolute atomic E-state index is 13.0. The van der Waals surface area contributed by atoms with Gasteiger partial charge in [0.25, 0.3) is 11.1 Å². The van der Waals surface area contributed by atoms with Crippen LogP contribution in [0.5, 0.6) is 11.5 Å². The Morgan fingerprint density at radius 2 is 2.03 bits per heavy atom. The number of nitrogens with zero attached hydrogens (tertiary/aromatic N) is 1. The molecule has 0 atom stereocenters. The summed E-state index contributed by atoms with van der Waals surface area (Å²) < 4.78 is 16.7. The molecular formula is C26H22BrClN2O7S. The minimum atomic E-state index is -0.656. The molecule has 0 radical (unpaired) electrons. The number of amides is 3. The zero-order valence-corrected chi connectivity index (χ0v) is 23.5. The number of benzene rings is 2. The highest BCUT2D eigenvalue weighted by Crippen LogP contribution is 2.39. The molecule has 2 aromatic carbocycles. The molecule has 0 aromatic heterocycles. The Hall–Kier alpha value is -3.46. The first kappa shape index (κ1) is 29.1. The Bertz CT molecular complexity index is 1360. The van der Waals surface area contributed by atoms with Crippen molar-refractivity contribution >= 4 is 74.1 Å². The molecule has 0 spiro atoms. The molecule has 0 aliphatic carbocycles. The van der Waals surface area contributed by atoms with Gasteiger partial charge in [-0.2, -0.15) is 0 Å². The first-order valence-corrected chi connectivity index (χ1v) is 13.1. The predicted octanol–water partition coefficient (Wildman–Crippen LogP) is 5.36. The lowest BCUT2D eigenvalue weighted by Gasteiger charge is -2.14. The van der Waals surface area contributed by atoms with Gasteiger partial charge in [0.1, 0.15) is 13.2 Å². The SMILES string of the molecule is C#CCOc1c(/C=C2/SC(=O)N(CC(=O)Nc3ccc(Cl)c(C(=O)OCCC)c3)C2=O)cc(Br)cc1OC. The van der Waals surface area contributed by atoms with E-state index in [0.29, 0.717) is 39.7 Å². The zero-order chi connectivity index (χ0) is 27.8. The van der Waals surface area contributed by atoms with Crippen molar-refractivity contribution in [1.29, 1.82) is 0 Å². The van der Waals surface area contributed by atoms with Crippen LogP contribution in [-0.2, 0) is 14.3 Å². The second-order valence-electron chi connectivity index (χ2n) is 7.67. The number of imide groups is 1. The summed E-state index contributed by atoms with van der Waals surface area (Å²) in [6, 6.07) is 7.64. The summed E-state index contributed by atoms with van der Waals surface area (Å²) in [6.45, 7) is 1.50. The van der Waals surface area contributed by atoms with Crippen molar-refractivity contribution in [3.8, 4) is 23.8 Å². The van der Waals surface area contributed by atoms with Crippen LogP contribution in [0.2, 0.25) is 5.02 Å². The van der Waals surface area contributed by atoms with E-state index in [9.17, 15) is 19.2 Å². The second-order valence-corrected chi connectivity index (χ2v) is 9.98. The van der Waals surface area contributed by atoms with Gasteiger partial charge in [0.2, 0.25) is 5.91 Å². The van der Waals surface area contributed by atoms with Crippen molar-refractivity contribution in [2.75, 3.05) is 32.2 Å². The number of rotatable bonds is 10.